The van der Waals surface area contributed by atoms with Crippen molar-refractivity contribution in [1.29, 1.82) is 0 Å². The van der Waals surface area contributed by atoms with Gasteiger partial charge in [0.1, 0.15) is 5.41 Å². The normalized spacial score (nSPS) is 23.4. The summed E-state index contributed by atoms with van der Waals surface area (Å²) in [5.41, 5.74) is 3.13. The van der Waals surface area contributed by atoms with Gasteiger partial charge in [0, 0.05) is 31.9 Å². The van der Waals surface area contributed by atoms with Gasteiger partial charge in [-0.3, -0.25) is 9.69 Å². The van der Waals surface area contributed by atoms with E-state index in [1.165, 1.54) is 16.6 Å². The summed E-state index contributed by atoms with van der Waals surface area (Å²) in [6, 6.07) is 21.5. The van der Waals surface area contributed by atoms with E-state index >= 15 is 0 Å². The van der Waals surface area contributed by atoms with Gasteiger partial charge in [-0.2, -0.15) is 23.3 Å². The number of fused-ring (bicyclic) bond motifs is 4. The fraction of sp³-hybridized carbons (Fsp3) is 0.333. The molecule has 3 aromatic rings. The third kappa shape index (κ3) is 3.98. The minimum absolute atomic E-state index is 0.182. The molecule has 1 saturated heterocycles. The lowest BCUT2D eigenvalue weighted by molar-refractivity contribution is -0.137. The van der Waals surface area contributed by atoms with Gasteiger partial charge in [0.2, 0.25) is 0 Å². The van der Waals surface area contributed by atoms with E-state index in [0.717, 1.165) is 30.4 Å². The first-order valence-electron chi connectivity index (χ1n) is 12.9. The molecule has 0 bridgehead atoms. The number of hydrogen-bond acceptors (Lipinski definition) is 4. The Morgan fingerprint density at radius 3 is 2.42 bits per heavy atom. The molecule has 1 amide bonds. The molecule has 0 saturated carbocycles. The van der Waals surface area contributed by atoms with Crippen LogP contribution in [-0.2, 0) is 23.9 Å². The lowest BCUT2D eigenvalue weighted by atomic mass is 9.67. The van der Waals surface area contributed by atoms with Gasteiger partial charge in [-0.25, -0.2) is 0 Å². The molecule has 38 heavy (non-hydrogen) atoms. The van der Waals surface area contributed by atoms with Gasteiger partial charge >= 0.3 is 6.18 Å². The van der Waals surface area contributed by atoms with Gasteiger partial charge in [-0.05, 0) is 61.7 Å². The highest BCUT2D eigenvalue weighted by atomic mass is 19.4. The van der Waals surface area contributed by atoms with Crippen LogP contribution in [0.3, 0.4) is 0 Å². The molecule has 196 valence electrons. The van der Waals surface area contributed by atoms with Gasteiger partial charge in [-0.15, -0.1) is 0 Å². The summed E-state index contributed by atoms with van der Waals surface area (Å²) in [7, 11) is 0. The van der Waals surface area contributed by atoms with Crippen molar-refractivity contribution in [3.63, 3.8) is 0 Å². The number of benzene rings is 3. The second kappa shape index (κ2) is 8.98. The van der Waals surface area contributed by atoms with Gasteiger partial charge in [0.15, 0.2) is 0 Å². The fourth-order valence-electron chi connectivity index (χ4n) is 6.21. The van der Waals surface area contributed by atoms with Gasteiger partial charge in [-0.1, -0.05) is 48.0 Å². The largest absolute Gasteiger partial charge is 0.416 e. The molecular formula is C30H29F3N4O. The first-order chi connectivity index (χ1) is 18.2. The maximum atomic E-state index is 14.3. The second-order valence-corrected chi connectivity index (χ2v) is 10.6. The molecular weight excluding hydrogens is 489 g/mol. The summed E-state index contributed by atoms with van der Waals surface area (Å²) in [6.45, 7) is 6.53. The van der Waals surface area contributed by atoms with Crippen LogP contribution in [-0.4, -0.2) is 42.2 Å². The van der Waals surface area contributed by atoms with Crippen LogP contribution >= 0.6 is 0 Å². The zero-order chi connectivity index (χ0) is 26.7. The Morgan fingerprint density at radius 1 is 0.974 bits per heavy atom. The zero-order valence-electron chi connectivity index (χ0n) is 21.4. The summed E-state index contributed by atoms with van der Waals surface area (Å²) in [4.78, 5) is 18.8. The molecule has 3 aliphatic heterocycles. The monoisotopic (exact) mass is 518 g/mol. The summed E-state index contributed by atoms with van der Waals surface area (Å²) in [5.74, 6) is -0.182. The van der Waals surface area contributed by atoms with E-state index in [-0.39, 0.29) is 18.4 Å². The SMILES string of the molecule is CC1=NN(c2ccc(C)cc2)C(=O)C12Cc1cc(C(F)(F)F)ccc1N1CCN(Cc3ccccc3)CC12. The molecule has 3 aromatic carbocycles. The molecule has 2 atom stereocenters. The van der Waals surface area contributed by atoms with Crippen molar-refractivity contribution in [2.24, 2.45) is 10.5 Å². The number of carbonyl (C=O) groups excluding carboxylic acids is 1. The predicted octanol–water partition coefficient (Wildman–Crippen LogP) is 5.67. The highest BCUT2D eigenvalue weighted by molar-refractivity contribution is 6.20. The summed E-state index contributed by atoms with van der Waals surface area (Å²) >= 11 is 0. The Labute approximate surface area is 220 Å². The number of halogens is 3. The minimum atomic E-state index is -4.45. The average molecular weight is 519 g/mol. The first-order valence-corrected chi connectivity index (χ1v) is 12.9. The van der Waals surface area contributed by atoms with Crippen LogP contribution in [0, 0.1) is 12.3 Å². The van der Waals surface area contributed by atoms with Crippen molar-refractivity contribution in [1.82, 2.24) is 4.90 Å². The summed E-state index contributed by atoms with van der Waals surface area (Å²) in [6.07, 6.45) is -4.27. The molecule has 1 spiro atoms. The molecule has 0 aliphatic carbocycles. The maximum absolute atomic E-state index is 14.3. The lowest BCUT2D eigenvalue weighted by Gasteiger charge is -2.53. The quantitative estimate of drug-likeness (QED) is 0.449. The number of carbonyl (C=O) groups is 1. The minimum Gasteiger partial charge on any atom is -0.364 e. The van der Waals surface area contributed by atoms with Crippen molar-refractivity contribution >= 4 is 23.0 Å². The standard InChI is InChI=1S/C30H29F3N4O/c1-20-8-11-25(12-9-20)37-28(38)29(21(2)34-37)17-23-16-24(30(31,32)33)10-13-26(23)36-15-14-35(19-27(29)36)18-22-6-4-3-5-7-22/h3-13,16,27H,14-15,17-19H2,1-2H3. The van der Waals surface area contributed by atoms with Crippen LogP contribution in [0.1, 0.15) is 29.2 Å². The Kier molecular flexibility index (Phi) is 5.83. The molecule has 5 nitrogen and oxygen atoms in total. The Morgan fingerprint density at radius 2 is 1.71 bits per heavy atom. The van der Waals surface area contributed by atoms with Crippen LogP contribution < -0.4 is 9.91 Å². The Hall–Kier alpha value is -3.65. The summed E-state index contributed by atoms with van der Waals surface area (Å²) in [5, 5.41) is 6.17. The average Bonchev–Trinajstić information content (AvgIpc) is 3.14. The van der Waals surface area contributed by atoms with Crippen LogP contribution in [0.25, 0.3) is 0 Å². The zero-order valence-corrected chi connectivity index (χ0v) is 21.4. The van der Waals surface area contributed by atoms with Crippen molar-refractivity contribution in [3.8, 4) is 0 Å². The van der Waals surface area contributed by atoms with Crippen LogP contribution in [0.5, 0.6) is 0 Å². The topological polar surface area (TPSA) is 39.2 Å². The summed E-state index contributed by atoms with van der Waals surface area (Å²) < 4.78 is 41.0. The molecule has 0 N–H and O–H groups in total. The van der Waals surface area contributed by atoms with E-state index in [1.807, 2.05) is 56.3 Å². The van der Waals surface area contributed by atoms with Crippen molar-refractivity contribution in [2.75, 3.05) is 29.5 Å². The van der Waals surface area contributed by atoms with Gasteiger partial charge in [0.25, 0.3) is 5.91 Å². The molecule has 0 aromatic heterocycles. The molecule has 3 heterocycles. The highest BCUT2D eigenvalue weighted by Crippen LogP contribution is 2.49. The van der Waals surface area contributed by atoms with Crippen LogP contribution in [0.4, 0.5) is 24.5 Å². The lowest BCUT2D eigenvalue weighted by Crippen LogP contribution is -2.66. The number of hydrazone groups is 1. The van der Waals surface area contributed by atoms with Crippen molar-refractivity contribution in [3.05, 3.63) is 95.1 Å². The van der Waals surface area contributed by atoms with E-state index in [1.54, 1.807) is 6.07 Å². The number of aryl methyl sites for hydroxylation is 1. The van der Waals surface area contributed by atoms with E-state index in [9.17, 15) is 18.0 Å². The third-order valence-corrected chi connectivity index (χ3v) is 8.22. The van der Waals surface area contributed by atoms with E-state index < -0.39 is 17.2 Å². The van der Waals surface area contributed by atoms with E-state index in [2.05, 4.69) is 21.9 Å². The van der Waals surface area contributed by atoms with Crippen LogP contribution in [0.2, 0.25) is 0 Å². The molecule has 8 heteroatoms. The first kappa shape index (κ1) is 24.7. The number of alkyl halides is 3. The Bertz CT molecular complexity index is 1400. The number of rotatable bonds is 3. The van der Waals surface area contributed by atoms with Crippen LogP contribution in [0.15, 0.2) is 77.9 Å². The number of nitrogens with zero attached hydrogens (tertiary/aromatic N) is 4. The van der Waals surface area contributed by atoms with Crippen molar-refractivity contribution in [2.45, 2.75) is 39.0 Å². The second-order valence-electron chi connectivity index (χ2n) is 10.6. The molecule has 0 radical (unpaired) electrons. The Balaban J connectivity index is 1.43. The third-order valence-electron chi connectivity index (χ3n) is 8.22. The number of amides is 1. The molecule has 3 aliphatic rings. The smallest absolute Gasteiger partial charge is 0.364 e. The number of hydrogen-bond donors (Lipinski definition) is 0. The number of anilines is 2. The van der Waals surface area contributed by atoms with E-state index in [4.69, 9.17) is 5.10 Å². The maximum Gasteiger partial charge on any atom is 0.416 e. The van der Waals surface area contributed by atoms with Gasteiger partial charge in [0.05, 0.1) is 23.0 Å². The van der Waals surface area contributed by atoms with Gasteiger partial charge < -0.3 is 4.90 Å². The highest BCUT2D eigenvalue weighted by Gasteiger charge is 2.60. The van der Waals surface area contributed by atoms with E-state index in [0.29, 0.717) is 30.1 Å². The molecule has 1 fully saturated rings. The molecule has 2 unspecified atom stereocenters. The fourth-order valence-corrected chi connectivity index (χ4v) is 6.21. The molecule has 6 rings (SSSR count). The van der Waals surface area contributed by atoms with Crippen molar-refractivity contribution < 1.29 is 18.0 Å². The predicted molar refractivity (Wildman–Crippen MR) is 142 cm³/mol. The number of piperazine rings is 1.